The smallest absolute Gasteiger partial charge is 0.193 e. The lowest BCUT2D eigenvalue weighted by Crippen LogP contribution is -2.40. The number of hydrogen-bond acceptors (Lipinski definition) is 4. The maximum atomic E-state index is 5.88. The Balaban J connectivity index is 1.43. The summed E-state index contributed by atoms with van der Waals surface area (Å²) >= 11 is 0. The van der Waals surface area contributed by atoms with Gasteiger partial charge in [-0.15, -0.1) is 0 Å². The van der Waals surface area contributed by atoms with Gasteiger partial charge < -0.3 is 24.4 Å². The van der Waals surface area contributed by atoms with Crippen molar-refractivity contribution >= 4 is 5.96 Å². The van der Waals surface area contributed by atoms with Gasteiger partial charge in [-0.05, 0) is 43.0 Å². The summed E-state index contributed by atoms with van der Waals surface area (Å²) in [5.74, 6) is 2.46. The third-order valence-corrected chi connectivity index (χ3v) is 5.54. The van der Waals surface area contributed by atoms with Crippen molar-refractivity contribution in [3.05, 3.63) is 65.7 Å². The summed E-state index contributed by atoms with van der Waals surface area (Å²) < 4.78 is 16.6. The van der Waals surface area contributed by atoms with Crippen LogP contribution in [0.3, 0.4) is 0 Å². The van der Waals surface area contributed by atoms with Gasteiger partial charge in [0.05, 0.1) is 19.8 Å². The van der Waals surface area contributed by atoms with Crippen LogP contribution >= 0.6 is 0 Å². The number of rotatable bonds is 12. The highest BCUT2D eigenvalue weighted by atomic mass is 16.5. The normalized spacial score (nSPS) is 16.4. The fourth-order valence-corrected chi connectivity index (χ4v) is 3.76. The molecule has 1 aliphatic rings. The number of ether oxygens (including phenoxy) is 3. The van der Waals surface area contributed by atoms with Gasteiger partial charge in [0.15, 0.2) is 5.96 Å². The molecule has 2 aromatic carbocycles. The van der Waals surface area contributed by atoms with Crippen molar-refractivity contribution in [2.24, 2.45) is 10.9 Å². The summed E-state index contributed by atoms with van der Waals surface area (Å²) in [5.41, 5.74) is 2.44. The number of likely N-dealkylation sites (tertiary alicyclic amines) is 1. The average molecular weight is 440 g/mol. The van der Waals surface area contributed by atoms with Gasteiger partial charge in [0, 0.05) is 39.2 Å². The van der Waals surface area contributed by atoms with Crippen LogP contribution in [0.2, 0.25) is 0 Å². The zero-order chi connectivity index (χ0) is 22.4. The zero-order valence-corrected chi connectivity index (χ0v) is 19.5. The molecule has 1 atom stereocenters. The molecule has 0 radical (unpaired) electrons. The first kappa shape index (κ1) is 24.1. The lowest BCUT2D eigenvalue weighted by Gasteiger charge is -2.21. The molecule has 1 saturated heterocycles. The molecule has 1 N–H and O–H groups in total. The highest BCUT2D eigenvalue weighted by Crippen LogP contribution is 2.17. The molecule has 0 amide bonds. The predicted molar refractivity (Wildman–Crippen MR) is 129 cm³/mol. The van der Waals surface area contributed by atoms with Gasteiger partial charge in [-0.1, -0.05) is 42.5 Å². The van der Waals surface area contributed by atoms with Crippen molar-refractivity contribution < 1.29 is 14.2 Å². The molecule has 174 valence electrons. The number of nitrogens with one attached hydrogen (secondary N) is 1. The second kappa shape index (κ2) is 13.8. The predicted octanol–water partition coefficient (Wildman–Crippen LogP) is 3.76. The largest absolute Gasteiger partial charge is 0.489 e. The SMILES string of the molecule is CCNC(=NCCc1ccc(OCc2ccccc2)cc1)N1CCC(COCCOC)C1. The maximum Gasteiger partial charge on any atom is 0.193 e. The van der Waals surface area contributed by atoms with E-state index in [-0.39, 0.29) is 0 Å². The van der Waals surface area contributed by atoms with Crippen LogP contribution < -0.4 is 10.1 Å². The number of benzene rings is 2. The first-order valence-electron chi connectivity index (χ1n) is 11.6. The quantitative estimate of drug-likeness (QED) is 0.310. The van der Waals surface area contributed by atoms with Gasteiger partial charge >= 0.3 is 0 Å². The molecule has 0 aliphatic carbocycles. The Kier molecular flexibility index (Phi) is 10.4. The third kappa shape index (κ3) is 8.17. The van der Waals surface area contributed by atoms with Gasteiger partial charge in [0.2, 0.25) is 0 Å². The van der Waals surface area contributed by atoms with E-state index >= 15 is 0 Å². The third-order valence-electron chi connectivity index (χ3n) is 5.54. The number of hydrogen-bond donors (Lipinski definition) is 1. The second-order valence-corrected chi connectivity index (χ2v) is 8.07. The molecule has 0 bridgehead atoms. The summed E-state index contributed by atoms with van der Waals surface area (Å²) in [4.78, 5) is 7.23. The fourth-order valence-electron chi connectivity index (χ4n) is 3.76. The Bertz CT molecular complexity index is 796. The van der Waals surface area contributed by atoms with Crippen LogP contribution in [0.5, 0.6) is 5.75 Å². The van der Waals surface area contributed by atoms with Crippen LogP contribution in [0.15, 0.2) is 59.6 Å². The number of aliphatic imine (C=N–C) groups is 1. The minimum atomic E-state index is 0.555. The van der Waals surface area contributed by atoms with Crippen LogP contribution in [-0.2, 0) is 22.5 Å². The Morgan fingerprint density at radius 1 is 1.06 bits per heavy atom. The minimum absolute atomic E-state index is 0.555. The molecule has 0 saturated carbocycles. The minimum Gasteiger partial charge on any atom is -0.489 e. The van der Waals surface area contributed by atoms with E-state index in [2.05, 4.69) is 41.4 Å². The molecule has 1 heterocycles. The van der Waals surface area contributed by atoms with Crippen LogP contribution in [0.1, 0.15) is 24.5 Å². The van der Waals surface area contributed by atoms with E-state index in [0.717, 1.165) is 57.3 Å². The Morgan fingerprint density at radius 3 is 2.62 bits per heavy atom. The van der Waals surface area contributed by atoms with Crippen LogP contribution in [-0.4, -0.2) is 64.0 Å². The monoisotopic (exact) mass is 439 g/mol. The maximum absolute atomic E-state index is 5.88. The zero-order valence-electron chi connectivity index (χ0n) is 19.5. The van der Waals surface area contributed by atoms with Crippen molar-refractivity contribution in [2.75, 3.05) is 53.1 Å². The second-order valence-electron chi connectivity index (χ2n) is 8.07. The summed E-state index contributed by atoms with van der Waals surface area (Å²) in [5, 5.41) is 3.44. The van der Waals surface area contributed by atoms with E-state index in [1.165, 1.54) is 11.1 Å². The summed E-state index contributed by atoms with van der Waals surface area (Å²) in [6.45, 7) is 8.46. The average Bonchev–Trinajstić information content (AvgIpc) is 3.30. The molecule has 1 unspecified atom stereocenters. The number of methoxy groups -OCH3 is 1. The molecule has 0 aromatic heterocycles. The molecular weight excluding hydrogens is 402 g/mol. The van der Waals surface area contributed by atoms with E-state index in [1.807, 2.05) is 30.3 Å². The molecular formula is C26H37N3O3. The van der Waals surface area contributed by atoms with Crippen LogP contribution in [0.4, 0.5) is 0 Å². The van der Waals surface area contributed by atoms with E-state index in [0.29, 0.717) is 25.7 Å². The number of nitrogens with zero attached hydrogens (tertiary/aromatic N) is 2. The van der Waals surface area contributed by atoms with E-state index in [9.17, 15) is 0 Å². The highest BCUT2D eigenvalue weighted by molar-refractivity contribution is 5.80. The van der Waals surface area contributed by atoms with Crippen LogP contribution in [0.25, 0.3) is 0 Å². The van der Waals surface area contributed by atoms with Crippen molar-refractivity contribution in [3.63, 3.8) is 0 Å². The molecule has 0 spiro atoms. The molecule has 32 heavy (non-hydrogen) atoms. The van der Waals surface area contributed by atoms with Crippen molar-refractivity contribution in [2.45, 2.75) is 26.4 Å². The lowest BCUT2D eigenvalue weighted by atomic mass is 10.1. The summed E-state index contributed by atoms with van der Waals surface area (Å²) in [6.07, 6.45) is 2.05. The Morgan fingerprint density at radius 2 is 1.88 bits per heavy atom. The molecule has 1 aliphatic heterocycles. The molecule has 6 nitrogen and oxygen atoms in total. The van der Waals surface area contributed by atoms with Gasteiger partial charge in [0.1, 0.15) is 12.4 Å². The highest BCUT2D eigenvalue weighted by Gasteiger charge is 2.24. The van der Waals surface area contributed by atoms with E-state index < -0.39 is 0 Å². The van der Waals surface area contributed by atoms with Crippen LogP contribution in [0, 0.1) is 5.92 Å². The standard InChI is InChI=1S/C26H37N3O3/c1-3-27-26(29-16-14-24(19-29)20-31-18-17-30-2)28-15-13-22-9-11-25(12-10-22)32-21-23-7-5-4-6-8-23/h4-12,24H,3,13-21H2,1-2H3,(H,27,28). The van der Waals surface area contributed by atoms with Gasteiger partial charge in [-0.2, -0.15) is 0 Å². The van der Waals surface area contributed by atoms with Crippen molar-refractivity contribution in [1.29, 1.82) is 0 Å². The van der Waals surface area contributed by atoms with Gasteiger partial charge in [-0.25, -0.2) is 0 Å². The lowest BCUT2D eigenvalue weighted by molar-refractivity contribution is 0.0536. The molecule has 6 heteroatoms. The Labute approximate surface area is 192 Å². The molecule has 2 aromatic rings. The van der Waals surface area contributed by atoms with E-state index in [4.69, 9.17) is 19.2 Å². The summed E-state index contributed by atoms with van der Waals surface area (Å²) in [6, 6.07) is 18.6. The van der Waals surface area contributed by atoms with Gasteiger partial charge in [-0.3, -0.25) is 4.99 Å². The fraction of sp³-hybridized carbons (Fsp3) is 0.500. The number of guanidine groups is 1. The van der Waals surface area contributed by atoms with Crippen molar-refractivity contribution in [3.8, 4) is 5.75 Å². The first-order chi connectivity index (χ1) is 15.8. The first-order valence-corrected chi connectivity index (χ1v) is 11.6. The Hall–Kier alpha value is -2.57. The van der Waals surface area contributed by atoms with E-state index in [1.54, 1.807) is 7.11 Å². The molecule has 3 rings (SSSR count). The van der Waals surface area contributed by atoms with Crippen molar-refractivity contribution in [1.82, 2.24) is 10.2 Å². The topological polar surface area (TPSA) is 55.3 Å². The summed E-state index contributed by atoms with van der Waals surface area (Å²) in [7, 11) is 1.70. The van der Waals surface area contributed by atoms with Gasteiger partial charge in [0.25, 0.3) is 0 Å². The molecule has 1 fully saturated rings.